The summed E-state index contributed by atoms with van der Waals surface area (Å²) >= 11 is 15.4. The largest absolute Gasteiger partial charge is 0.457 e. The number of halogens is 3. The smallest absolute Gasteiger partial charge is 0.293 e. The lowest BCUT2D eigenvalue weighted by atomic mass is 10.2. The third kappa shape index (κ3) is 4.55. The van der Waals surface area contributed by atoms with Crippen LogP contribution in [-0.2, 0) is 11.3 Å². The topological polar surface area (TPSA) is 50.5 Å². The summed E-state index contributed by atoms with van der Waals surface area (Å²) in [7, 11) is 0. The van der Waals surface area contributed by atoms with Gasteiger partial charge in [-0.2, -0.15) is 0 Å². The second-order valence-corrected chi connectivity index (χ2v) is 9.30. The number of thioether (sulfide) groups is 1. The van der Waals surface area contributed by atoms with E-state index >= 15 is 0 Å². The van der Waals surface area contributed by atoms with Crippen LogP contribution in [0.25, 0.3) is 17.4 Å². The van der Waals surface area contributed by atoms with Gasteiger partial charge < -0.3 is 4.42 Å². The molecule has 0 spiro atoms. The highest BCUT2D eigenvalue weighted by Crippen LogP contribution is 2.36. The van der Waals surface area contributed by atoms with Gasteiger partial charge in [0.15, 0.2) is 0 Å². The minimum Gasteiger partial charge on any atom is -0.457 e. The van der Waals surface area contributed by atoms with Crippen LogP contribution in [-0.4, -0.2) is 16.0 Å². The Morgan fingerprint density at radius 1 is 1.03 bits per heavy atom. The Labute approximate surface area is 195 Å². The molecule has 1 saturated heterocycles. The molecule has 0 atom stereocenters. The minimum atomic E-state index is -0.336. The molecular weight excluding hydrogens is 544 g/mol. The van der Waals surface area contributed by atoms with Gasteiger partial charge in [-0.15, -0.1) is 0 Å². The number of hydrogen-bond acceptors (Lipinski definition) is 4. The summed E-state index contributed by atoms with van der Waals surface area (Å²) in [4.78, 5) is 26.6. The zero-order valence-corrected chi connectivity index (χ0v) is 19.2. The molecule has 0 N–H and O–H groups in total. The molecule has 2 aromatic carbocycles. The van der Waals surface area contributed by atoms with Crippen LogP contribution in [0.4, 0.5) is 4.79 Å². The highest BCUT2D eigenvalue weighted by molar-refractivity contribution is 14.1. The third-order valence-corrected chi connectivity index (χ3v) is 6.41. The van der Waals surface area contributed by atoms with Crippen LogP contribution in [0.2, 0.25) is 10.0 Å². The summed E-state index contributed by atoms with van der Waals surface area (Å²) in [6.07, 6.45) is 1.57. The first-order valence-corrected chi connectivity index (χ1v) is 11.1. The minimum absolute atomic E-state index is 0.237. The predicted octanol–water partition coefficient (Wildman–Crippen LogP) is 7.09. The second-order valence-electron chi connectivity index (χ2n) is 6.22. The number of amides is 2. The number of benzene rings is 2. The first-order valence-electron chi connectivity index (χ1n) is 8.46. The lowest BCUT2D eigenvalue weighted by Crippen LogP contribution is -2.27. The van der Waals surface area contributed by atoms with Crippen LogP contribution in [0.5, 0.6) is 0 Å². The summed E-state index contributed by atoms with van der Waals surface area (Å²) in [6.45, 7) is 0.237. The van der Waals surface area contributed by atoms with E-state index < -0.39 is 0 Å². The highest BCUT2D eigenvalue weighted by Gasteiger charge is 2.35. The molecule has 1 aromatic heterocycles. The molecular formula is C21H12Cl2INO3S. The van der Waals surface area contributed by atoms with E-state index in [2.05, 4.69) is 22.6 Å². The fourth-order valence-electron chi connectivity index (χ4n) is 2.80. The maximum Gasteiger partial charge on any atom is 0.293 e. The second kappa shape index (κ2) is 8.55. The normalized spacial score (nSPS) is 15.6. The molecule has 1 aliphatic rings. The van der Waals surface area contributed by atoms with Crippen LogP contribution in [0.15, 0.2) is 63.9 Å². The fourth-order valence-corrected chi connectivity index (χ4v) is 4.36. The lowest BCUT2D eigenvalue weighted by Gasteiger charge is -2.12. The van der Waals surface area contributed by atoms with Crippen LogP contribution in [0, 0.1) is 3.57 Å². The first-order chi connectivity index (χ1) is 13.9. The predicted molar refractivity (Wildman–Crippen MR) is 125 cm³/mol. The molecule has 2 amide bonds. The number of hydrogen-bond donors (Lipinski definition) is 0. The first kappa shape index (κ1) is 20.5. The Bertz CT molecular complexity index is 1140. The SMILES string of the molecule is O=C1S/C(=C\c2ccc(-c3cc(Cl)ccc3Cl)o2)C(=O)N1Cc1ccc(I)cc1. The molecule has 2 heterocycles. The zero-order chi connectivity index (χ0) is 20.5. The number of nitrogens with zero attached hydrogens (tertiary/aromatic N) is 1. The van der Waals surface area contributed by atoms with Gasteiger partial charge in [-0.3, -0.25) is 14.5 Å². The van der Waals surface area contributed by atoms with Crippen molar-refractivity contribution in [2.45, 2.75) is 6.54 Å². The van der Waals surface area contributed by atoms with Crippen molar-refractivity contribution in [3.63, 3.8) is 0 Å². The monoisotopic (exact) mass is 555 g/mol. The van der Waals surface area contributed by atoms with Gasteiger partial charge in [0.1, 0.15) is 11.5 Å². The van der Waals surface area contributed by atoms with E-state index in [-0.39, 0.29) is 17.7 Å². The number of carbonyl (C=O) groups is 2. The molecule has 1 aliphatic heterocycles. The van der Waals surface area contributed by atoms with Crippen molar-refractivity contribution in [1.29, 1.82) is 0 Å². The molecule has 29 heavy (non-hydrogen) atoms. The third-order valence-electron chi connectivity index (χ3n) is 4.22. The molecule has 146 valence electrons. The van der Waals surface area contributed by atoms with E-state index in [0.29, 0.717) is 32.0 Å². The zero-order valence-electron chi connectivity index (χ0n) is 14.7. The standard InChI is InChI=1S/C21H12Cl2INO3S/c22-13-3-7-17(23)16(9-13)18-8-6-15(28-18)10-19-20(26)25(21(27)29-19)11-12-1-4-14(24)5-2-12/h1-10H,11H2/b19-10-. The van der Waals surface area contributed by atoms with Crippen molar-refractivity contribution >= 4 is 74.8 Å². The van der Waals surface area contributed by atoms with E-state index in [1.54, 1.807) is 36.4 Å². The summed E-state index contributed by atoms with van der Waals surface area (Å²) < 4.78 is 6.89. The Hall–Kier alpha value is -1.74. The molecule has 8 heteroatoms. The van der Waals surface area contributed by atoms with Gasteiger partial charge in [-0.05, 0) is 82.4 Å². The molecule has 0 saturated carbocycles. The maximum absolute atomic E-state index is 12.7. The van der Waals surface area contributed by atoms with Crippen LogP contribution in [0.1, 0.15) is 11.3 Å². The van der Waals surface area contributed by atoms with Gasteiger partial charge in [-0.1, -0.05) is 35.3 Å². The molecule has 4 nitrogen and oxygen atoms in total. The average Bonchev–Trinajstić information content (AvgIpc) is 3.26. The summed E-state index contributed by atoms with van der Waals surface area (Å²) in [6, 6.07) is 16.3. The molecule has 4 rings (SSSR count). The lowest BCUT2D eigenvalue weighted by molar-refractivity contribution is -0.123. The quantitative estimate of drug-likeness (QED) is 0.254. The average molecular weight is 556 g/mol. The Morgan fingerprint density at radius 3 is 2.55 bits per heavy atom. The van der Waals surface area contributed by atoms with Crippen molar-refractivity contribution in [1.82, 2.24) is 4.90 Å². The fraction of sp³-hybridized carbons (Fsp3) is 0.0476. The summed E-state index contributed by atoms with van der Waals surface area (Å²) in [5.41, 5.74) is 1.55. The van der Waals surface area contributed by atoms with Crippen LogP contribution < -0.4 is 0 Å². The molecule has 3 aromatic rings. The molecule has 0 unspecified atom stereocenters. The summed E-state index contributed by atoms with van der Waals surface area (Å²) in [5, 5.41) is 0.747. The van der Waals surface area contributed by atoms with Gasteiger partial charge in [0, 0.05) is 20.2 Å². The Morgan fingerprint density at radius 2 is 1.79 bits per heavy atom. The van der Waals surface area contributed by atoms with E-state index in [0.717, 1.165) is 20.9 Å². The number of furan rings is 1. The van der Waals surface area contributed by atoms with Crippen molar-refractivity contribution in [2.75, 3.05) is 0 Å². The Balaban J connectivity index is 1.55. The van der Waals surface area contributed by atoms with Crippen molar-refractivity contribution in [3.8, 4) is 11.3 Å². The molecule has 0 bridgehead atoms. The van der Waals surface area contributed by atoms with Gasteiger partial charge in [0.05, 0.1) is 16.5 Å². The van der Waals surface area contributed by atoms with Gasteiger partial charge in [0.25, 0.3) is 11.1 Å². The molecule has 0 aliphatic carbocycles. The molecule has 0 radical (unpaired) electrons. The van der Waals surface area contributed by atoms with Gasteiger partial charge >= 0.3 is 0 Å². The summed E-state index contributed by atoms with van der Waals surface area (Å²) in [5.74, 6) is 0.648. The Kier molecular flexibility index (Phi) is 6.06. The van der Waals surface area contributed by atoms with Crippen molar-refractivity contribution in [2.24, 2.45) is 0 Å². The molecule has 1 fully saturated rings. The van der Waals surface area contributed by atoms with Gasteiger partial charge in [-0.25, -0.2) is 0 Å². The van der Waals surface area contributed by atoms with Crippen molar-refractivity contribution < 1.29 is 14.0 Å². The van der Waals surface area contributed by atoms with E-state index in [9.17, 15) is 9.59 Å². The van der Waals surface area contributed by atoms with E-state index in [1.165, 1.54) is 4.90 Å². The van der Waals surface area contributed by atoms with Crippen LogP contribution >= 0.6 is 57.6 Å². The van der Waals surface area contributed by atoms with Crippen molar-refractivity contribution in [3.05, 3.63) is 84.4 Å². The highest BCUT2D eigenvalue weighted by atomic mass is 127. The van der Waals surface area contributed by atoms with Crippen LogP contribution in [0.3, 0.4) is 0 Å². The van der Waals surface area contributed by atoms with E-state index in [1.807, 2.05) is 24.3 Å². The van der Waals surface area contributed by atoms with E-state index in [4.69, 9.17) is 27.6 Å². The van der Waals surface area contributed by atoms with Gasteiger partial charge in [0.2, 0.25) is 0 Å². The number of imide groups is 1. The number of rotatable bonds is 4. The number of carbonyl (C=O) groups excluding carboxylic acids is 2. The maximum atomic E-state index is 12.7.